The Morgan fingerprint density at radius 2 is 2.05 bits per heavy atom. The average molecular weight is 278 g/mol. The molecule has 0 amide bonds. The normalized spacial score (nSPS) is 24.7. The Morgan fingerprint density at radius 3 is 2.60 bits per heavy atom. The molecule has 4 heteroatoms. The minimum absolute atomic E-state index is 0.0799. The van der Waals surface area contributed by atoms with E-state index in [1.807, 2.05) is 7.05 Å². The van der Waals surface area contributed by atoms with Gasteiger partial charge >= 0.3 is 0 Å². The third kappa shape index (κ3) is 3.51. The minimum atomic E-state index is -0.0841. The van der Waals surface area contributed by atoms with Crippen molar-refractivity contribution in [3.63, 3.8) is 0 Å². The molecule has 2 rings (SSSR count). The summed E-state index contributed by atoms with van der Waals surface area (Å²) in [5.41, 5.74) is 2.52. The maximum atomic E-state index is 9.29. The Labute approximate surface area is 121 Å². The Hall–Kier alpha value is -1.10. The Morgan fingerprint density at radius 1 is 1.35 bits per heavy atom. The predicted molar refractivity (Wildman–Crippen MR) is 82.2 cm³/mol. The minimum Gasteiger partial charge on any atom is -0.394 e. The van der Waals surface area contributed by atoms with Gasteiger partial charge in [0.2, 0.25) is 0 Å². The molecule has 112 valence electrons. The van der Waals surface area contributed by atoms with Crippen molar-refractivity contribution in [3.8, 4) is 0 Å². The second kappa shape index (κ2) is 7.07. The standard InChI is InChI=1S/C16H26N2O2/c1-4-16(17-3)13-5-7-14(8-6-13)18-9-12(2)20-15(10-18)11-19/h5-8,12,15-17,19H,4,9-11H2,1-3H3. The second-order valence-corrected chi connectivity index (χ2v) is 5.50. The molecule has 3 atom stereocenters. The summed E-state index contributed by atoms with van der Waals surface area (Å²) in [5.74, 6) is 0. The van der Waals surface area contributed by atoms with E-state index in [1.165, 1.54) is 11.3 Å². The molecule has 1 fully saturated rings. The highest BCUT2D eigenvalue weighted by atomic mass is 16.5. The number of rotatable bonds is 5. The smallest absolute Gasteiger partial charge is 0.0984 e. The van der Waals surface area contributed by atoms with E-state index in [2.05, 4.69) is 48.3 Å². The van der Waals surface area contributed by atoms with Crippen LogP contribution in [0.1, 0.15) is 31.9 Å². The van der Waals surface area contributed by atoms with E-state index < -0.39 is 0 Å². The highest BCUT2D eigenvalue weighted by molar-refractivity contribution is 5.48. The molecule has 0 aliphatic carbocycles. The van der Waals surface area contributed by atoms with E-state index in [0.29, 0.717) is 6.04 Å². The number of aliphatic hydroxyl groups is 1. The number of aliphatic hydroxyl groups excluding tert-OH is 1. The molecule has 20 heavy (non-hydrogen) atoms. The number of hydrogen-bond acceptors (Lipinski definition) is 4. The zero-order chi connectivity index (χ0) is 14.5. The van der Waals surface area contributed by atoms with E-state index in [-0.39, 0.29) is 18.8 Å². The van der Waals surface area contributed by atoms with Gasteiger partial charge in [0.05, 0.1) is 18.8 Å². The van der Waals surface area contributed by atoms with Crippen LogP contribution in [0.25, 0.3) is 0 Å². The average Bonchev–Trinajstić information content (AvgIpc) is 2.48. The van der Waals surface area contributed by atoms with Crippen molar-refractivity contribution in [1.29, 1.82) is 0 Å². The molecule has 1 aromatic carbocycles. The van der Waals surface area contributed by atoms with Crippen molar-refractivity contribution < 1.29 is 9.84 Å². The summed E-state index contributed by atoms with van der Waals surface area (Å²) in [6, 6.07) is 9.13. The van der Waals surface area contributed by atoms with Crippen LogP contribution in [0, 0.1) is 0 Å². The number of ether oxygens (including phenoxy) is 1. The van der Waals surface area contributed by atoms with Gasteiger partial charge in [0.15, 0.2) is 0 Å². The summed E-state index contributed by atoms with van der Waals surface area (Å²) >= 11 is 0. The molecule has 0 bridgehead atoms. The Kier molecular flexibility index (Phi) is 5.40. The lowest BCUT2D eigenvalue weighted by Crippen LogP contribution is -2.48. The zero-order valence-corrected chi connectivity index (χ0v) is 12.7. The summed E-state index contributed by atoms with van der Waals surface area (Å²) in [6.45, 7) is 5.95. The highest BCUT2D eigenvalue weighted by Gasteiger charge is 2.24. The first-order valence-corrected chi connectivity index (χ1v) is 7.46. The third-order valence-corrected chi connectivity index (χ3v) is 3.95. The fourth-order valence-corrected chi connectivity index (χ4v) is 2.88. The van der Waals surface area contributed by atoms with Crippen molar-refractivity contribution in [2.45, 2.75) is 38.5 Å². The zero-order valence-electron chi connectivity index (χ0n) is 12.7. The van der Waals surface area contributed by atoms with E-state index >= 15 is 0 Å². The first-order valence-electron chi connectivity index (χ1n) is 7.46. The molecule has 1 aliphatic heterocycles. The van der Waals surface area contributed by atoms with Gasteiger partial charge in [0.1, 0.15) is 0 Å². The van der Waals surface area contributed by atoms with Crippen molar-refractivity contribution in [3.05, 3.63) is 29.8 Å². The lowest BCUT2D eigenvalue weighted by atomic mass is 10.0. The van der Waals surface area contributed by atoms with E-state index in [0.717, 1.165) is 19.5 Å². The fourth-order valence-electron chi connectivity index (χ4n) is 2.88. The second-order valence-electron chi connectivity index (χ2n) is 5.50. The van der Waals surface area contributed by atoms with Gasteiger partial charge in [0, 0.05) is 24.8 Å². The molecule has 1 aromatic rings. The van der Waals surface area contributed by atoms with Crippen LogP contribution >= 0.6 is 0 Å². The molecule has 1 heterocycles. The topological polar surface area (TPSA) is 44.7 Å². The van der Waals surface area contributed by atoms with E-state index in [9.17, 15) is 5.11 Å². The number of nitrogens with one attached hydrogen (secondary N) is 1. The largest absolute Gasteiger partial charge is 0.394 e. The number of anilines is 1. The van der Waals surface area contributed by atoms with Gasteiger partial charge in [-0.15, -0.1) is 0 Å². The molecular weight excluding hydrogens is 252 g/mol. The maximum Gasteiger partial charge on any atom is 0.0984 e. The van der Waals surface area contributed by atoms with Crippen molar-refractivity contribution in [2.75, 3.05) is 31.6 Å². The number of hydrogen-bond donors (Lipinski definition) is 2. The lowest BCUT2D eigenvalue weighted by Gasteiger charge is -2.37. The van der Waals surface area contributed by atoms with Gasteiger partial charge in [-0.2, -0.15) is 0 Å². The quantitative estimate of drug-likeness (QED) is 0.864. The van der Waals surface area contributed by atoms with Gasteiger partial charge in [-0.25, -0.2) is 0 Å². The molecular formula is C16H26N2O2. The van der Waals surface area contributed by atoms with Gasteiger partial charge in [-0.3, -0.25) is 0 Å². The van der Waals surface area contributed by atoms with E-state index in [1.54, 1.807) is 0 Å². The van der Waals surface area contributed by atoms with Crippen molar-refractivity contribution in [1.82, 2.24) is 5.32 Å². The van der Waals surface area contributed by atoms with Gasteiger partial charge in [-0.05, 0) is 38.1 Å². The maximum absolute atomic E-state index is 9.29. The number of benzene rings is 1. The summed E-state index contributed by atoms with van der Waals surface area (Å²) in [5, 5.41) is 12.6. The summed E-state index contributed by atoms with van der Waals surface area (Å²) < 4.78 is 5.68. The van der Waals surface area contributed by atoms with Crippen LogP contribution < -0.4 is 10.2 Å². The van der Waals surface area contributed by atoms with Crippen LogP contribution in [0.15, 0.2) is 24.3 Å². The highest BCUT2D eigenvalue weighted by Crippen LogP contribution is 2.23. The van der Waals surface area contributed by atoms with Gasteiger partial charge < -0.3 is 20.1 Å². The van der Waals surface area contributed by atoms with Crippen LogP contribution in [0.4, 0.5) is 5.69 Å². The van der Waals surface area contributed by atoms with Crippen LogP contribution in [-0.2, 0) is 4.74 Å². The summed E-state index contributed by atoms with van der Waals surface area (Å²) in [7, 11) is 2.00. The lowest BCUT2D eigenvalue weighted by molar-refractivity contribution is -0.0421. The predicted octanol–water partition coefficient (Wildman–Crippen LogP) is 1.94. The van der Waals surface area contributed by atoms with Gasteiger partial charge in [-0.1, -0.05) is 19.1 Å². The molecule has 1 saturated heterocycles. The number of nitrogens with zero attached hydrogens (tertiary/aromatic N) is 1. The Bertz CT molecular complexity index is 403. The SMILES string of the molecule is CCC(NC)c1ccc(N2CC(C)OC(CO)C2)cc1. The third-order valence-electron chi connectivity index (χ3n) is 3.95. The molecule has 0 radical (unpaired) electrons. The van der Waals surface area contributed by atoms with Crippen LogP contribution in [-0.4, -0.2) is 44.1 Å². The van der Waals surface area contributed by atoms with Crippen LogP contribution in [0.5, 0.6) is 0 Å². The van der Waals surface area contributed by atoms with Crippen molar-refractivity contribution in [2.24, 2.45) is 0 Å². The molecule has 0 saturated carbocycles. The fraction of sp³-hybridized carbons (Fsp3) is 0.625. The molecule has 3 unspecified atom stereocenters. The number of morpholine rings is 1. The molecule has 1 aliphatic rings. The Balaban J connectivity index is 2.09. The van der Waals surface area contributed by atoms with Gasteiger partial charge in [0.25, 0.3) is 0 Å². The monoisotopic (exact) mass is 278 g/mol. The molecule has 0 spiro atoms. The molecule has 2 N–H and O–H groups in total. The first kappa shape index (κ1) is 15.3. The summed E-state index contributed by atoms with van der Waals surface area (Å²) in [6.07, 6.45) is 1.15. The molecule has 4 nitrogen and oxygen atoms in total. The van der Waals surface area contributed by atoms with Crippen LogP contribution in [0.2, 0.25) is 0 Å². The molecule has 0 aromatic heterocycles. The van der Waals surface area contributed by atoms with E-state index in [4.69, 9.17) is 4.74 Å². The summed E-state index contributed by atoms with van der Waals surface area (Å²) in [4.78, 5) is 2.29. The van der Waals surface area contributed by atoms with Crippen molar-refractivity contribution >= 4 is 5.69 Å². The first-order chi connectivity index (χ1) is 9.67. The van der Waals surface area contributed by atoms with Crippen LogP contribution in [0.3, 0.4) is 0 Å².